The SMILES string of the molecule is O=C1CCC(N2Cc3c(NCCCCCCCCCC4CCCCCC4)cccc3C2=O)C(=O)N1. The molecule has 2 heterocycles. The van der Waals surface area contributed by atoms with E-state index < -0.39 is 6.04 Å². The van der Waals surface area contributed by atoms with E-state index >= 15 is 0 Å². The Hall–Kier alpha value is -2.37. The van der Waals surface area contributed by atoms with Gasteiger partial charge in [0.1, 0.15) is 6.04 Å². The highest BCUT2D eigenvalue weighted by Gasteiger charge is 2.39. The monoisotopic (exact) mass is 481 g/mol. The van der Waals surface area contributed by atoms with Crippen molar-refractivity contribution >= 4 is 23.4 Å². The number of nitrogens with zero attached hydrogens (tertiary/aromatic N) is 1. The number of unbranched alkanes of at least 4 members (excludes halogenated alkanes) is 6. The number of imide groups is 1. The molecule has 2 aliphatic heterocycles. The van der Waals surface area contributed by atoms with Gasteiger partial charge in [0.2, 0.25) is 11.8 Å². The standard InChI is InChI=1S/C29H43N3O3/c33-27-19-18-26(28(34)31-27)32-21-24-23(29(32)35)16-12-17-25(24)30-20-11-7-3-1-2-4-8-13-22-14-9-5-6-10-15-22/h12,16-17,22,26,30H,1-11,13-15,18-21H2,(H,31,33,34). The van der Waals surface area contributed by atoms with E-state index in [9.17, 15) is 14.4 Å². The molecule has 3 aliphatic rings. The van der Waals surface area contributed by atoms with E-state index in [1.807, 2.05) is 18.2 Å². The first-order chi connectivity index (χ1) is 17.1. The minimum atomic E-state index is -0.562. The summed E-state index contributed by atoms with van der Waals surface area (Å²) in [5.74, 6) is 0.278. The lowest BCUT2D eigenvalue weighted by molar-refractivity contribution is -0.136. The van der Waals surface area contributed by atoms with Gasteiger partial charge in [-0.25, -0.2) is 0 Å². The molecule has 2 N–H and O–H groups in total. The molecule has 35 heavy (non-hydrogen) atoms. The molecule has 0 spiro atoms. The van der Waals surface area contributed by atoms with Crippen molar-refractivity contribution in [3.8, 4) is 0 Å². The van der Waals surface area contributed by atoms with E-state index in [1.165, 1.54) is 83.5 Å². The van der Waals surface area contributed by atoms with Gasteiger partial charge in [0.05, 0.1) is 0 Å². The first-order valence-corrected chi connectivity index (χ1v) is 14.1. The molecule has 6 nitrogen and oxygen atoms in total. The Morgan fingerprint density at radius 1 is 0.857 bits per heavy atom. The Labute approximate surface area is 210 Å². The fourth-order valence-corrected chi connectivity index (χ4v) is 6.07. The zero-order chi connectivity index (χ0) is 24.5. The molecule has 4 rings (SSSR count). The lowest BCUT2D eigenvalue weighted by atomic mass is 9.93. The van der Waals surface area contributed by atoms with Crippen LogP contribution in [-0.2, 0) is 16.1 Å². The van der Waals surface area contributed by atoms with Crippen LogP contribution in [0.3, 0.4) is 0 Å². The Morgan fingerprint density at radius 2 is 1.57 bits per heavy atom. The van der Waals surface area contributed by atoms with Crippen LogP contribution < -0.4 is 10.6 Å². The summed E-state index contributed by atoms with van der Waals surface area (Å²) in [4.78, 5) is 38.3. The second-order valence-electron chi connectivity index (χ2n) is 10.8. The first-order valence-electron chi connectivity index (χ1n) is 14.1. The number of nitrogens with one attached hydrogen (secondary N) is 2. The van der Waals surface area contributed by atoms with E-state index in [2.05, 4.69) is 10.6 Å². The van der Waals surface area contributed by atoms with Crippen molar-refractivity contribution < 1.29 is 14.4 Å². The fraction of sp³-hybridized carbons (Fsp3) is 0.690. The predicted octanol–water partition coefficient (Wildman–Crippen LogP) is 5.95. The minimum absolute atomic E-state index is 0.114. The summed E-state index contributed by atoms with van der Waals surface area (Å²) in [5.41, 5.74) is 2.63. The molecule has 1 unspecified atom stereocenters. The van der Waals surface area contributed by atoms with Gasteiger partial charge in [-0.2, -0.15) is 0 Å². The van der Waals surface area contributed by atoms with Gasteiger partial charge in [0, 0.05) is 36.3 Å². The number of benzene rings is 1. The van der Waals surface area contributed by atoms with Gasteiger partial charge in [0.15, 0.2) is 0 Å². The normalized spacial score (nSPS) is 21.1. The molecule has 1 atom stereocenters. The van der Waals surface area contributed by atoms with E-state index in [4.69, 9.17) is 0 Å². The lowest BCUT2D eigenvalue weighted by Crippen LogP contribution is -2.52. The summed E-state index contributed by atoms with van der Waals surface area (Å²) in [6, 6.07) is 5.20. The Kier molecular flexibility index (Phi) is 9.61. The van der Waals surface area contributed by atoms with Gasteiger partial charge >= 0.3 is 0 Å². The number of carbonyl (C=O) groups is 3. The van der Waals surface area contributed by atoms with Crippen molar-refractivity contribution in [2.75, 3.05) is 11.9 Å². The van der Waals surface area contributed by atoms with Crippen molar-refractivity contribution in [2.45, 2.75) is 115 Å². The summed E-state index contributed by atoms with van der Waals surface area (Å²) in [7, 11) is 0. The highest BCUT2D eigenvalue weighted by atomic mass is 16.2. The minimum Gasteiger partial charge on any atom is -0.385 e. The molecule has 0 aromatic heterocycles. The van der Waals surface area contributed by atoms with Crippen LogP contribution in [0.1, 0.15) is 119 Å². The highest BCUT2D eigenvalue weighted by molar-refractivity contribution is 6.06. The number of anilines is 1. The largest absolute Gasteiger partial charge is 0.385 e. The number of hydrogen-bond donors (Lipinski definition) is 2. The number of carbonyl (C=O) groups excluding carboxylic acids is 3. The molecule has 1 saturated carbocycles. The molecule has 3 amide bonds. The maximum absolute atomic E-state index is 12.9. The molecule has 6 heteroatoms. The molecular formula is C29H43N3O3. The fourth-order valence-electron chi connectivity index (χ4n) is 6.07. The highest BCUT2D eigenvalue weighted by Crippen LogP contribution is 2.32. The third-order valence-corrected chi connectivity index (χ3v) is 8.16. The van der Waals surface area contributed by atoms with Gasteiger partial charge in [-0.15, -0.1) is 0 Å². The molecule has 0 radical (unpaired) electrons. The summed E-state index contributed by atoms with van der Waals surface area (Å²) >= 11 is 0. The molecule has 2 fully saturated rings. The van der Waals surface area contributed by atoms with Crippen LogP contribution in [0.5, 0.6) is 0 Å². The van der Waals surface area contributed by atoms with Crippen LogP contribution in [0.25, 0.3) is 0 Å². The molecule has 192 valence electrons. The van der Waals surface area contributed by atoms with E-state index in [0.717, 1.165) is 30.1 Å². The van der Waals surface area contributed by atoms with Gasteiger partial charge in [0.25, 0.3) is 5.91 Å². The summed E-state index contributed by atoms with van der Waals surface area (Å²) in [5, 5.41) is 5.89. The van der Waals surface area contributed by atoms with Gasteiger partial charge in [-0.05, 0) is 30.9 Å². The average molecular weight is 482 g/mol. The van der Waals surface area contributed by atoms with Crippen LogP contribution in [0, 0.1) is 5.92 Å². The molecule has 1 aliphatic carbocycles. The van der Waals surface area contributed by atoms with E-state index in [0.29, 0.717) is 18.5 Å². The lowest BCUT2D eigenvalue weighted by Gasteiger charge is -2.29. The second kappa shape index (κ2) is 13.1. The Morgan fingerprint density at radius 3 is 2.31 bits per heavy atom. The van der Waals surface area contributed by atoms with Crippen molar-refractivity contribution in [2.24, 2.45) is 5.92 Å². The third-order valence-electron chi connectivity index (χ3n) is 8.16. The van der Waals surface area contributed by atoms with Crippen LogP contribution >= 0.6 is 0 Å². The average Bonchev–Trinajstić information content (AvgIpc) is 3.01. The molecule has 1 aromatic carbocycles. The zero-order valence-corrected chi connectivity index (χ0v) is 21.3. The van der Waals surface area contributed by atoms with Crippen molar-refractivity contribution in [1.82, 2.24) is 10.2 Å². The first kappa shape index (κ1) is 25.7. The summed E-state index contributed by atoms with van der Waals surface area (Å²) in [6.45, 7) is 1.31. The number of piperidine rings is 1. The maximum atomic E-state index is 12.9. The second-order valence-corrected chi connectivity index (χ2v) is 10.8. The predicted molar refractivity (Wildman–Crippen MR) is 139 cm³/mol. The van der Waals surface area contributed by atoms with Gasteiger partial charge in [-0.3, -0.25) is 19.7 Å². The van der Waals surface area contributed by atoms with Gasteiger partial charge in [-0.1, -0.05) is 89.5 Å². The molecule has 0 bridgehead atoms. The third kappa shape index (κ3) is 7.08. The van der Waals surface area contributed by atoms with Crippen molar-refractivity contribution in [3.05, 3.63) is 29.3 Å². The molecular weight excluding hydrogens is 438 g/mol. The van der Waals surface area contributed by atoms with Crippen LogP contribution in [0.15, 0.2) is 18.2 Å². The Balaban J connectivity index is 1.11. The number of rotatable bonds is 12. The Bertz CT molecular complexity index is 876. The van der Waals surface area contributed by atoms with Gasteiger partial charge < -0.3 is 10.2 Å². The maximum Gasteiger partial charge on any atom is 0.255 e. The van der Waals surface area contributed by atoms with Crippen molar-refractivity contribution in [3.63, 3.8) is 0 Å². The zero-order valence-electron chi connectivity index (χ0n) is 21.3. The quantitative estimate of drug-likeness (QED) is 0.220. The van der Waals surface area contributed by atoms with Crippen molar-refractivity contribution in [1.29, 1.82) is 0 Å². The van der Waals surface area contributed by atoms with Crippen LogP contribution in [-0.4, -0.2) is 35.2 Å². The van der Waals surface area contributed by atoms with Crippen LogP contribution in [0.2, 0.25) is 0 Å². The number of amides is 3. The van der Waals surface area contributed by atoms with E-state index in [-0.39, 0.29) is 24.1 Å². The molecule has 1 saturated heterocycles. The summed E-state index contributed by atoms with van der Waals surface area (Å²) in [6.07, 6.45) is 20.0. The number of hydrogen-bond acceptors (Lipinski definition) is 4. The number of fused-ring (bicyclic) bond motifs is 1. The molecule has 1 aromatic rings. The van der Waals surface area contributed by atoms with E-state index in [1.54, 1.807) is 4.90 Å². The van der Waals surface area contributed by atoms with Crippen LogP contribution in [0.4, 0.5) is 5.69 Å². The topological polar surface area (TPSA) is 78.5 Å². The smallest absolute Gasteiger partial charge is 0.255 e. The summed E-state index contributed by atoms with van der Waals surface area (Å²) < 4.78 is 0.